The Balaban J connectivity index is 2.06. The Morgan fingerprint density at radius 3 is 2.67 bits per heavy atom. The van der Waals surface area contributed by atoms with Gasteiger partial charge in [-0.25, -0.2) is 0 Å². The monoisotopic (exact) mass is 306 g/mol. The fourth-order valence-corrected chi connectivity index (χ4v) is 2.03. The number of anilines is 1. The molecule has 4 nitrogen and oxygen atoms in total. The van der Waals surface area contributed by atoms with Gasteiger partial charge in [0.15, 0.2) is 0 Å². The molecule has 0 aliphatic rings. The van der Waals surface area contributed by atoms with Crippen molar-refractivity contribution in [1.82, 2.24) is 0 Å². The molecule has 0 saturated heterocycles. The van der Waals surface area contributed by atoms with Crippen LogP contribution in [-0.2, 0) is 6.54 Å². The number of nitrogens with zero attached hydrogens (tertiary/aromatic N) is 1. The normalized spacial score (nSPS) is 10.1. The van der Waals surface area contributed by atoms with Crippen molar-refractivity contribution in [2.24, 2.45) is 0 Å². The highest BCUT2D eigenvalue weighted by Crippen LogP contribution is 2.18. The number of halogens is 1. The topological polar surface area (TPSA) is 55.2 Å². The first-order valence-electron chi connectivity index (χ1n) is 5.38. The van der Waals surface area contributed by atoms with Gasteiger partial charge in [-0.2, -0.15) is 0 Å². The summed E-state index contributed by atoms with van der Waals surface area (Å²) in [5, 5.41) is 13.8. The lowest BCUT2D eigenvalue weighted by Crippen LogP contribution is -1.99. The van der Waals surface area contributed by atoms with Crippen LogP contribution in [-0.4, -0.2) is 4.92 Å². The zero-order valence-electron chi connectivity index (χ0n) is 9.47. The summed E-state index contributed by atoms with van der Waals surface area (Å²) >= 11 is 3.40. The summed E-state index contributed by atoms with van der Waals surface area (Å²) < 4.78 is 1.01. The van der Waals surface area contributed by atoms with Gasteiger partial charge in [0.05, 0.1) is 4.92 Å². The third kappa shape index (κ3) is 3.30. The molecule has 0 unspecified atom stereocenters. The van der Waals surface area contributed by atoms with E-state index in [0.717, 1.165) is 15.7 Å². The van der Waals surface area contributed by atoms with Crippen molar-refractivity contribution < 1.29 is 4.92 Å². The van der Waals surface area contributed by atoms with Crippen molar-refractivity contribution in [2.45, 2.75) is 6.54 Å². The van der Waals surface area contributed by atoms with Gasteiger partial charge in [-0.1, -0.05) is 34.1 Å². The highest BCUT2D eigenvalue weighted by molar-refractivity contribution is 9.10. The van der Waals surface area contributed by atoms with Gasteiger partial charge >= 0.3 is 0 Å². The Morgan fingerprint density at radius 2 is 1.94 bits per heavy atom. The molecule has 2 aromatic carbocycles. The maximum atomic E-state index is 10.6. The zero-order chi connectivity index (χ0) is 13.0. The summed E-state index contributed by atoms with van der Waals surface area (Å²) in [6.07, 6.45) is 0. The number of nitro benzene ring substituents is 1. The first-order valence-corrected chi connectivity index (χ1v) is 6.17. The van der Waals surface area contributed by atoms with Crippen LogP contribution in [0, 0.1) is 10.1 Å². The SMILES string of the molecule is O=[N+]([O-])c1cccc(NCc2cccc(Br)c2)c1. The molecule has 0 aliphatic heterocycles. The predicted octanol–water partition coefficient (Wildman–Crippen LogP) is 3.97. The van der Waals surface area contributed by atoms with Crippen LogP contribution >= 0.6 is 15.9 Å². The first-order chi connectivity index (χ1) is 8.65. The molecule has 0 spiro atoms. The lowest BCUT2D eigenvalue weighted by molar-refractivity contribution is -0.384. The zero-order valence-corrected chi connectivity index (χ0v) is 11.1. The smallest absolute Gasteiger partial charge is 0.271 e. The van der Waals surface area contributed by atoms with Gasteiger partial charge in [0.2, 0.25) is 0 Å². The molecule has 0 aromatic heterocycles. The van der Waals surface area contributed by atoms with Crippen LogP contribution in [0.25, 0.3) is 0 Å². The number of non-ortho nitro benzene ring substituents is 1. The average Bonchev–Trinajstić information content (AvgIpc) is 2.37. The number of hydrogen-bond donors (Lipinski definition) is 1. The highest BCUT2D eigenvalue weighted by Gasteiger charge is 2.05. The molecule has 0 bridgehead atoms. The summed E-state index contributed by atoms with van der Waals surface area (Å²) in [4.78, 5) is 10.2. The molecule has 5 heteroatoms. The standard InChI is InChI=1S/C13H11BrN2O2/c14-11-4-1-3-10(7-11)9-15-12-5-2-6-13(8-12)16(17)18/h1-8,15H,9H2. The Bertz CT molecular complexity index is 572. The second kappa shape index (κ2) is 5.64. The molecule has 92 valence electrons. The van der Waals surface area contributed by atoms with Gasteiger partial charge in [-0.3, -0.25) is 10.1 Å². The van der Waals surface area contributed by atoms with Crippen molar-refractivity contribution in [2.75, 3.05) is 5.32 Å². The molecule has 2 rings (SSSR count). The van der Waals surface area contributed by atoms with Crippen LogP contribution in [0.15, 0.2) is 53.0 Å². The lowest BCUT2D eigenvalue weighted by atomic mass is 10.2. The van der Waals surface area contributed by atoms with Crippen molar-refractivity contribution >= 4 is 27.3 Å². The van der Waals surface area contributed by atoms with Gasteiger partial charge < -0.3 is 5.32 Å². The van der Waals surface area contributed by atoms with Gasteiger partial charge in [-0.05, 0) is 23.8 Å². The molecular weight excluding hydrogens is 296 g/mol. The van der Waals surface area contributed by atoms with E-state index < -0.39 is 4.92 Å². The first kappa shape index (κ1) is 12.6. The van der Waals surface area contributed by atoms with Crippen LogP contribution in [0.3, 0.4) is 0 Å². The summed E-state index contributed by atoms with van der Waals surface area (Å²) in [7, 11) is 0. The Labute approximate surface area is 113 Å². The van der Waals surface area contributed by atoms with Crippen molar-refractivity contribution in [1.29, 1.82) is 0 Å². The number of benzene rings is 2. The van der Waals surface area contributed by atoms with Crippen LogP contribution < -0.4 is 5.32 Å². The van der Waals surface area contributed by atoms with E-state index in [4.69, 9.17) is 0 Å². The molecule has 1 N–H and O–H groups in total. The third-order valence-corrected chi connectivity index (χ3v) is 2.94. The molecule has 0 aliphatic carbocycles. The quantitative estimate of drug-likeness (QED) is 0.687. The van der Waals surface area contributed by atoms with E-state index in [2.05, 4.69) is 21.2 Å². The molecule has 0 amide bonds. The molecule has 0 heterocycles. The number of nitro groups is 1. The maximum Gasteiger partial charge on any atom is 0.271 e. The number of rotatable bonds is 4. The molecule has 18 heavy (non-hydrogen) atoms. The summed E-state index contributed by atoms with van der Waals surface area (Å²) in [5.41, 5.74) is 1.94. The fraction of sp³-hybridized carbons (Fsp3) is 0.0769. The molecule has 0 fully saturated rings. The minimum absolute atomic E-state index is 0.0919. The van der Waals surface area contributed by atoms with Crippen LogP contribution in [0.2, 0.25) is 0 Å². The Hall–Kier alpha value is -1.88. The Kier molecular flexibility index (Phi) is 3.94. The second-order valence-electron chi connectivity index (χ2n) is 3.79. The van der Waals surface area contributed by atoms with E-state index in [9.17, 15) is 10.1 Å². The minimum atomic E-state index is -0.399. The number of nitrogens with one attached hydrogen (secondary N) is 1. The van der Waals surface area contributed by atoms with Crippen molar-refractivity contribution in [3.05, 3.63) is 68.7 Å². The number of hydrogen-bond acceptors (Lipinski definition) is 3. The van der Waals surface area contributed by atoms with Gasteiger partial charge in [0.1, 0.15) is 0 Å². The van der Waals surface area contributed by atoms with E-state index >= 15 is 0 Å². The van der Waals surface area contributed by atoms with Gasteiger partial charge in [0, 0.05) is 28.8 Å². The molecule has 0 radical (unpaired) electrons. The molecular formula is C13H11BrN2O2. The molecule has 0 atom stereocenters. The van der Waals surface area contributed by atoms with Gasteiger partial charge in [-0.15, -0.1) is 0 Å². The van der Waals surface area contributed by atoms with E-state index in [1.54, 1.807) is 6.07 Å². The molecule has 0 saturated carbocycles. The second-order valence-corrected chi connectivity index (χ2v) is 4.71. The van der Waals surface area contributed by atoms with E-state index in [1.165, 1.54) is 12.1 Å². The lowest BCUT2D eigenvalue weighted by Gasteiger charge is -2.06. The van der Waals surface area contributed by atoms with Crippen LogP contribution in [0.1, 0.15) is 5.56 Å². The fourth-order valence-electron chi connectivity index (χ4n) is 1.58. The largest absolute Gasteiger partial charge is 0.381 e. The van der Waals surface area contributed by atoms with Crippen LogP contribution in [0.4, 0.5) is 11.4 Å². The highest BCUT2D eigenvalue weighted by atomic mass is 79.9. The minimum Gasteiger partial charge on any atom is -0.381 e. The summed E-state index contributed by atoms with van der Waals surface area (Å²) in [6.45, 7) is 0.626. The average molecular weight is 307 g/mol. The third-order valence-electron chi connectivity index (χ3n) is 2.44. The summed E-state index contributed by atoms with van der Waals surface area (Å²) in [6, 6.07) is 14.4. The van der Waals surface area contributed by atoms with E-state index in [-0.39, 0.29) is 5.69 Å². The Morgan fingerprint density at radius 1 is 1.17 bits per heavy atom. The summed E-state index contributed by atoms with van der Waals surface area (Å²) in [5.74, 6) is 0. The van der Waals surface area contributed by atoms with Crippen molar-refractivity contribution in [3.63, 3.8) is 0 Å². The molecule has 2 aromatic rings. The van der Waals surface area contributed by atoms with Crippen molar-refractivity contribution in [3.8, 4) is 0 Å². The van der Waals surface area contributed by atoms with E-state index in [1.807, 2.05) is 30.3 Å². The van der Waals surface area contributed by atoms with Gasteiger partial charge in [0.25, 0.3) is 5.69 Å². The van der Waals surface area contributed by atoms with E-state index in [0.29, 0.717) is 6.54 Å². The predicted molar refractivity (Wildman–Crippen MR) is 74.6 cm³/mol. The van der Waals surface area contributed by atoms with Crippen LogP contribution in [0.5, 0.6) is 0 Å². The maximum absolute atomic E-state index is 10.6.